The molecule has 3 rings (SSSR count). The van der Waals surface area contributed by atoms with Crippen LogP contribution in [-0.2, 0) is 13.0 Å². The van der Waals surface area contributed by atoms with Gasteiger partial charge in [0.15, 0.2) is 0 Å². The molecular weight excluding hydrogens is 300 g/mol. The first-order valence-corrected chi connectivity index (χ1v) is 7.70. The van der Waals surface area contributed by atoms with Crippen LogP contribution in [0.5, 0.6) is 0 Å². The van der Waals surface area contributed by atoms with E-state index in [2.05, 4.69) is 22.2 Å². The van der Waals surface area contributed by atoms with E-state index in [0.29, 0.717) is 17.4 Å². The topological polar surface area (TPSA) is 81.0 Å². The Morgan fingerprint density at radius 2 is 2.18 bits per heavy atom. The number of hydrogen-bond acceptors (Lipinski definition) is 6. The minimum Gasteiger partial charge on any atom is -0.377 e. The number of anilines is 1. The maximum Gasteiger partial charge on any atom is 0.278 e. The maximum absolute atomic E-state index is 11.1. The molecule has 0 aliphatic heterocycles. The van der Waals surface area contributed by atoms with Gasteiger partial charge in [0.05, 0.1) is 22.5 Å². The number of nitrogens with one attached hydrogen (secondary N) is 1. The van der Waals surface area contributed by atoms with Gasteiger partial charge in [0.2, 0.25) is 0 Å². The van der Waals surface area contributed by atoms with Crippen LogP contribution in [0.3, 0.4) is 0 Å². The number of nitro groups is 1. The van der Waals surface area contributed by atoms with Crippen LogP contribution < -0.4 is 5.32 Å². The molecule has 0 amide bonds. The third kappa shape index (κ3) is 2.75. The molecule has 1 aromatic carbocycles. The largest absolute Gasteiger partial charge is 0.377 e. The van der Waals surface area contributed by atoms with E-state index in [1.54, 1.807) is 35.7 Å². The number of benzene rings is 1. The second-order valence-electron chi connectivity index (χ2n) is 4.72. The maximum atomic E-state index is 11.1. The summed E-state index contributed by atoms with van der Waals surface area (Å²) < 4.78 is 0. The van der Waals surface area contributed by atoms with Crippen LogP contribution in [0.4, 0.5) is 11.4 Å². The Bertz CT molecular complexity index is 831. The van der Waals surface area contributed by atoms with Crippen molar-refractivity contribution in [3.8, 4) is 0 Å². The first-order valence-electron chi connectivity index (χ1n) is 6.88. The molecule has 0 spiro atoms. The van der Waals surface area contributed by atoms with Gasteiger partial charge >= 0.3 is 0 Å². The van der Waals surface area contributed by atoms with Gasteiger partial charge in [-0.3, -0.25) is 15.1 Å². The predicted octanol–water partition coefficient (Wildman–Crippen LogP) is 3.77. The van der Waals surface area contributed by atoms with Gasteiger partial charge < -0.3 is 5.32 Å². The van der Waals surface area contributed by atoms with Crippen molar-refractivity contribution in [2.45, 2.75) is 19.9 Å². The molecule has 0 saturated carbocycles. The van der Waals surface area contributed by atoms with Gasteiger partial charge in [-0.05, 0) is 24.6 Å². The molecule has 0 aliphatic rings. The van der Waals surface area contributed by atoms with E-state index in [4.69, 9.17) is 0 Å². The van der Waals surface area contributed by atoms with Crippen molar-refractivity contribution < 1.29 is 4.92 Å². The summed E-state index contributed by atoms with van der Waals surface area (Å²) in [5.74, 6) is 0. The molecule has 0 aliphatic carbocycles. The summed E-state index contributed by atoms with van der Waals surface area (Å²) in [5.41, 5.74) is 1.44. The first-order chi connectivity index (χ1) is 10.7. The van der Waals surface area contributed by atoms with E-state index < -0.39 is 0 Å². The fourth-order valence-electron chi connectivity index (χ4n) is 2.22. The lowest BCUT2D eigenvalue weighted by molar-refractivity contribution is -0.383. The van der Waals surface area contributed by atoms with Gasteiger partial charge in [0.1, 0.15) is 10.5 Å². The highest BCUT2D eigenvalue weighted by Gasteiger charge is 2.14. The third-order valence-corrected chi connectivity index (χ3v) is 4.46. The smallest absolute Gasteiger partial charge is 0.278 e. The number of hydrogen-bond donors (Lipinski definition) is 1. The van der Waals surface area contributed by atoms with Crippen LogP contribution in [0.15, 0.2) is 36.7 Å². The number of nitrogens with zero attached hydrogens (tertiary/aromatic N) is 3. The molecular formula is C15H14N4O2S. The lowest BCUT2D eigenvalue weighted by Crippen LogP contribution is -2.01. The summed E-state index contributed by atoms with van der Waals surface area (Å²) in [4.78, 5) is 20.6. The van der Waals surface area contributed by atoms with Crippen molar-refractivity contribution in [3.63, 3.8) is 0 Å². The van der Waals surface area contributed by atoms with Crippen molar-refractivity contribution >= 4 is 33.6 Å². The van der Waals surface area contributed by atoms with Crippen molar-refractivity contribution in [1.29, 1.82) is 0 Å². The number of nitro benzene ring substituents is 1. The average Bonchev–Trinajstić information content (AvgIpc) is 3.00. The average molecular weight is 314 g/mol. The van der Waals surface area contributed by atoms with Gasteiger partial charge in [-0.2, -0.15) is 0 Å². The summed E-state index contributed by atoms with van der Waals surface area (Å²) in [5, 5.41) is 15.9. The number of aromatic nitrogens is 2. The molecule has 1 N–H and O–H groups in total. The Kier molecular flexibility index (Phi) is 3.97. The summed E-state index contributed by atoms with van der Waals surface area (Å²) in [6.45, 7) is 2.67. The van der Waals surface area contributed by atoms with Gasteiger partial charge in [-0.25, -0.2) is 4.98 Å². The molecule has 3 aromatic rings. The number of rotatable bonds is 5. The molecule has 0 unspecified atom stereocenters. The molecule has 0 saturated heterocycles. The number of thiazole rings is 1. The zero-order valence-corrected chi connectivity index (χ0v) is 12.8. The fraction of sp³-hybridized carbons (Fsp3) is 0.200. The SMILES string of the molecule is CCc1cnc(CNc2ccc([N+](=O)[O-])c3cccnc23)s1. The van der Waals surface area contributed by atoms with Crippen LogP contribution >= 0.6 is 11.3 Å². The normalized spacial score (nSPS) is 10.8. The summed E-state index contributed by atoms with van der Waals surface area (Å²) in [7, 11) is 0. The lowest BCUT2D eigenvalue weighted by Gasteiger charge is -2.08. The molecule has 7 heteroatoms. The number of fused-ring (bicyclic) bond motifs is 1. The van der Waals surface area contributed by atoms with E-state index in [0.717, 1.165) is 17.1 Å². The van der Waals surface area contributed by atoms with Crippen LogP contribution in [0, 0.1) is 10.1 Å². The number of non-ortho nitro benzene ring substituents is 1. The Morgan fingerprint density at radius 3 is 2.91 bits per heavy atom. The second kappa shape index (κ2) is 6.07. The molecule has 6 nitrogen and oxygen atoms in total. The van der Waals surface area contributed by atoms with Crippen LogP contribution in [-0.4, -0.2) is 14.9 Å². The van der Waals surface area contributed by atoms with E-state index in [1.807, 2.05) is 6.20 Å². The molecule has 112 valence electrons. The number of aryl methyl sites for hydroxylation is 1. The van der Waals surface area contributed by atoms with Gasteiger partial charge in [0.25, 0.3) is 5.69 Å². The Balaban J connectivity index is 1.91. The molecule has 0 radical (unpaired) electrons. The standard InChI is InChI=1S/C15H14N4O2S/c1-2-10-8-18-14(22-10)9-17-12-5-6-13(19(20)21)11-4-3-7-16-15(11)12/h3-8,17H,2,9H2,1H3. The summed E-state index contributed by atoms with van der Waals surface area (Å²) >= 11 is 1.66. The van der Waals surface area contributed by atoms with E-state index in [-0.39, 0.29) is 10.6 Å². The van der Waals surface area contributed by atoms with Crippen LogP contribution in [0.1, 0.15) is 16.8 Å². The predicted molar refractivity (Wildman–Crippen MR) is 87.2 cm³/mol. The zero-order chi connectivity index (χ0) is 15.5. The fourth-order valence-corrected chi connectivity index (χ4v) is 3.03. The zero-order valence-electron chi connectivity index (χ0n) is 11.9. The van der Waals surface area contributed by atoms with Crippen molar-refractivity contribution in [2.75, 3.05) is 5.32 Å². The summed E-state index contributed by atoms with van der Waals surface area (Å²) in [6, 6.07) is 6.62. The van der Waals surface area contributed by atoms with E-state index >= 15 is 0 Å². The summed E-state index contributed by atoms with van der Waals surface area (Å²) in [6.07, 6.45) is 4.49. The van der Waals surface area contributed by atoms with Gasteiger partial charge in [-0.1, -0.05) is 6.92 Å². The van der Waals surface area contributed by atoms with Gasteiger partial charge in [-0.15, -0.1) is 11.3 Å². The van der Waals surface area contributed by atoms with Crippen molar-refractivity contribution in [1.82, 2.24) is 9.97 Å². The third-order valence-electron chi connectivity index (χ3n) is 3.32. The molecule has 2 aromatic heterocycles. The highest BCUT2D eigenvalue weighted by Crippen LogP contribution is 2.30. The van der Waals surface area contributed by atoms with Gasteiger partial charge in [0, 0.05) is 23.3 Å². The molecule has 0 atom stereocenters. The van der Waals surface area contributed by atoms with Crippen molar-refractivity contribution in [2.24, 2.45) is 0 Å². The number of pyridine rings is 1. The van der Waals surface area contributed by atoms with Crippen LogP contribution in [0.2, 0.25) is 0 Å². The highest BCUT2D eigenvalue weighted by molar-refractivity contribution is 7.11. The molecule has 0 fully saturated rings. The monoisotopic (exact) mass is 314 g/mol. The van der Waals surface area contributed by atoms with Crippen LogP contribution in [0.25, 0.3) is 10.9 Å². The lowest BCUT2D eigenvalue weighted by atomic mass is 10.1. The van der Waals surface area contributed by atoms with E-state index in [9.17, 15) is 10.1 Å². The Hall–Kier alpha value is -2.54. The molecule has 2 heterocycles. The quantitative estimate of drug-likeness (QED) is 0.572. The second-order valence-corrected chi connectivity index (χ2v) is 5.92. The Labute approximate surface area is 131 Å². The minimum absolute atomic E-state index is 0.0659. The minimum atomic E-state index is -0.387. The first kappa shape index (κ1) is 14.4. The molecule has 22 heavy (non-hydrogen) atoms. The molecule has 0 bridgehead atoms. The highest BCUT2D eigenvalue weighted by atomic mass is 32.1. The van der Waals surface area contributed by atoms with Crippen molar-refractivity contribution in [3.05, 3.63) is 56.7 Å². The van der Waals surface area contributed by atoms with E-state index in [1.165, 1.54) is 10.9 Å². The Morgan fingerprint density at radius 1 is 1.32 bits per heavy atom.